The molecule has 0 saturated carbocycles. The third kappa shape index (κ3) is 4.54. The van der Waals surface area contributed by atoms with Crippen LogP contribution < -0.4 is 62.2 Å². The van der Waals surface area contributed by atoms with Crippen molar-refractivity contribution in [3.8, 4) is 0 Å². The minimum Gasteiger partial charge on any atom is -0.445 e. The number of nitrogens with one attached hydrogen (secondary N) is 1. The second kappa shape index (κ2) is 6.15. The van der Waals surface area contributed by atoms with Crippen LogP contribution in [0.15, 0.2) is 18.2 Å². The minimum atomic E-state index is -5.21. The van der Waals surface area contributed by atoms with Gasteiger partial charge in [0.2, 0.25) is 5.91 Å². The molecule has 1 rings (SSSR count). The van der Waals surface area contributed by atoms with Gasteiger partial charge in [0.25, 0.3) is 0 Å². The average molecular weight is 259 g/mol. The molecular weight excluding hydrogens is 252 g/mol. The number of amides is 1. The molecule has 8 heteroatoms. The summed E-state index contributed by atoms with van der Waals surface area (Å²) in [7, 11) is 0. The molecule has 0 aliphatic carbocycles. The quantitative estimate of drug-likeness (QED) is 0.527. The van der Waals surface area contributed by atoms with Crippen molar-refractivity contribution in [1.82, 2.24) is 0 Å². The van der Waals surface area contributed by atoms with E-state index in [2.05, 4.69) is 5.32 Å². The Bertz CT molecular complexity index is 396. The van der Waals surface area contributed by atoms with Crippen LogP contribution in [0, 0.1) is 5.82 Å². The number of rotatable bonds is 2. The fourth-order valence-electron chi connectivity index (χ4n) is 1.03. The van der Waals surface area contributed by atoms with E-state index in [4.69, 9.17) is 0 Å². The summed E-state index contributed by atoms with van der Waals surface area (Å²) >= 11 is 0. The molecule has 0 aliphatic rings. The van der Waals surface area contributed by atoms with Crippen molar-refractivity contribution in [2.24, 2.45) is 0 Å². The topological polar surface area (TPSA) is 29.1 Å². The van der Waals surface area contributed by atoms with E-state index in [0.29, 0.717) is 6.07 Å². The second-order valence-electron chi connectivity index (χ2n) is 3.00. The Morgan fingerprint density at radius 1 is 1.31 bits per heavy atom. The van der Waals surface area contributed by atoms with Crippen molar-refractivity contribution in [3.05, 3.63) is 24.0 Å². The molecular formula is C8H7BF4KNO. The van der Waals surface area contributed by atoms with Gasteiger partial charge in [-0.2, -0.15) is 0 Å². The van der Waals surface area contributed by atoms with Crippen LogP contribution in [-0.2, 0) is 4.79 Å². The smallest absolute Gasteiger partial charge is 0.445 e. The summed E-state index contributed by atoms with van der Waals surface area (Å²) < 4.78 is 49.5. The van der Waals surface area contributed by atoms with E-state index in [1.807, 2.05) is 0 Å². The van der Waals surface area contributed by atoms with Gasteiger partial charge in [0.05, 0.1) is 5.69 Å². The molecule has 1 N–H and O–H groups in total. The standard InChI is InChI=1S/C8H7BF4NO.K/c1-5(15)14-8-3-2-6(4-7(8)10)9(11,12)13;/h2-4H,1H3,(H,14,15);/q-1;+1. The number of hydrogen-bond donors (Lipinski definition) is 1. The van der Waals surface area contributed by atoms with Crippen molar-refractivity contribution in [1.29, 1.82) is 0 Å². The van der Waals surface area contributed by atoms with Crippen molar-refractivity contribution in [3.63, 3.8) is 0 Å². The summed E-state index contributed by atoms with van der Waals surface area (Å²) in [5, 5.41) is 2.08. The van der Waals surface area contributed by atoms with Crippen LogP contribution in [0.2, 0.25) is 0 Å². The Labute approximate surface area is 132 Å². The summed E-state index contributed by atoms with van der Waals surface area (Å²) in [6.45, 7) is -4.07. The monoisotopic (exact) mass is 259 g/mol. The van der Waals surface area contributed by atoms with Crippen molar-refractivity contribution >= 4 is 24.0 Å². The SMILES string of the molecule is CC(=O)Nc1ccc([B-](F)(F)F)cc1F.[K+]. The first kappa shape index (κ1) is 16.1. The summed E-state index contributed by atoms with van der Waals surface area (Å²) in [5.41, 5.74) is -1.28. The Balaban J connectivity index is 0.00000225. The molecule has 16 heavy (non-hydrogen) atoms. The Morgan fingerprint density at radius 2 is 1.88 bits per heavy atom. The maximum Gasteiger partial charge on any atom is 1.00 e. The molecule has 0 aliphatic heterocycles. The maximum atomic E-state index is 13.0. The maximum absolute atomic E-state index is 13.0. The first-order chi connectivity index (χ1) is 6.80. The second-order valence-corrected chi connectivity index (χ2v) is 3.00. The normalized spacial score (nSPS) is 10.6. The van der Waals surface area contributed by atoms with E-state index in [-0.39, 0.29) is 57.1 Å². The summed E-state index contributed by atoms with van der Waals surface area (Å²) in [4.78, 5) is 10.6. The molecule has 0 aromatic heterocycles. The largest absolute Gasteiger partial charge is 1.00 e. The van der Waals surface area contributed by atoms with E-state index in [9.17, 15) is 22.1 Å². The van der Waals surface area contributed by atoms with Crippen LogP contribution in [0.4, 0.5) is 23.0 Å². The van der Waals surface area contributed by atoms with Gasteiger partial charge in [-0.05, 0) is 6.07 Å². The molecule has 1 amide bonds. The zero-order chi connectivity index (χ0) is 11.6. The first-order valence-electron chi connectivity index (χ1n) is 4.07. The van der Waals surface area contributed by atoms with E-state index in [1.165, 1.54) is 0 Å². The van der Waals surface area contributed by atoms with Crippen molar-refractivity contribution < 1.29 is 73.5 Å². The molecule has 1 aromatic carbocycles. The Kier molecular flexibility index (Phi) is 6.20. The molecule has 0 saturated heterocycles. The zero-order valence-corrected chi connectivity index (χ0v) is 11.9. The fourth-order valence-corrected chi connectivity index (χ4v) is 1.03. The van der Waals surface area contributed by atoms with E-state index < -0.39 is 24.2 Å². The van der Waals surface area contributed by atoms with Gasteiger partial charge in [-0.3, -0.25) is 4.79 Å². The van der Waals surface area contributed by atoms with Crippen LogP contribution in [0.25, 0.3) is 0 Å². The van der Waals surface area contributed by atoms with Gasteiger partial charge in [-0.1, -0.05) is 12.1 Å². The van der Waals surface area contributed by atoms with Crippen LogP contribution in [-0.4, -0.2) is 12.9 Å². The van der Waals surface area contributed by atoms with Gasteiger partial charge in [0.1, 0.15) is 5.82 Å². The molecule has 0 heterocycles. The third-order valence-electron chi connectivity index (χ3n) is 1.68. The molecule has 0 bridgehead atoms. The number of halogens is 4. The molecule has 0 spiro atoms. The number of hydrogen-bond acceptors (Lipinski definition) is 1. The summed E-state index contributed by atoms with van der Waals surface area (Å²) in [6.07, 6.45) is 0. The third-order valence-corrected chi connectivity index (χ3v) is 1.68. The van der Waals surface area contributed by atoms with Gasteiger partial charge in [-0.15, -0.1) is 5.46 Å². The predicted octanol–water partition coefficient (Wildman–Crippen LogP) is -1.16. The Hall–Kier alpha value is 0.111. The number of carbonyl (C=O) groups is 1. The number of carbonyl (C=O) groups excluding carboxylic acids is 1. The van der Waals surface area contributed by atoms with E-state index in [0.717, 1.165) is 19.1 Å². The van der Waals surface area contributed by atoms with Crippen LogP contribution >= 0.6 is 0 Å². The van der Waals surface area contributed by atoms with Gasteiger partial charge >= 0.3 is 58.4 Å². The predicted molar refractivity (Wildman–Crippen MR) is 49.4 cm³/mol. The van der Waals surface area contributed by atoms with Gasteiger partial charge in [0.15, 0.2) is 0 Å². The molecule has 1 aromatic rings. The molecule has 0 unspecified atom stereocenters. The number of anilines is 1. The van der Waals surface area contributed by atoms with Crippen molar-refractivity contribution in [2.45, 2.75) is 6.92 Å². The number of benzene rings is 1. The van der Waals surface area contributed by atoms with Gasteiger partial charge in [-0.25, -0.2) is 4.39 Å². The Morgan fingerprint density at radius 3 is 2.25 bits per heavy atom. The van der Waals surface area contributed by atoms with Crippen molar-refractivity contribution in [2.75, 3.05) is 5.32 Å². The molecule has 0 fully saturated rings. The summed E-state index contributed by atoms with van der Waals surface area (Å²) in [5.74, 6) is -1.64. The molecule has 0 atom stereocenters. The van der Waals surface area contributed by atoms with Crippen LogP contribution in [0.1, 0.15) is 6.92 Å². The van der Waals surface area contributed by atoms with Crippen LogP contribution in [0.3, 0.4) is 0 Å². The van der Waals surface area contributed by atoms with E-state index >= 15 is 0 Å². The van der Waals surface area contributed by atoms with Gasteiger partial charge < -0.3 is 18.3 Å². The van der Waals surface area contributed by atoms with Gasteiger partial charge in [0, 0.05) is 6.92 Å². The summed E-state index contributed by atoms with van der Waals surface area (Å²) in [6, 6.07) is 1.99. The molecule has 0 radical (unpaired) electrons. The fraction of sp³-hybridized carbons (Fsp3) is 0.125. The molecule has 2 nitrogen and oxygen atoms in total. The minimum absolute atomic E-state index is 0. The van der Waals surface area contributed by atoms with Crippen LogP contribution in [0.5, 0.6) is 0 Å². The average Bonchev–Trinajstić information content (AvgIpc) is 2.05. The first-order valence-corrected chi connectivity index (χ1v) is 4.07. The van der Waals surface area contributed by atoms with E-state index in [1.54, 1.807) is 0 Å². The molecule has 82 valence electrons. The zero-order valence-electron chi connectivity index (χ0n) is 8.73.